The number of halogens is 3. The third kappa shape index (κ3) is 6.00. The molecular formula is C23H23F3N4O3S2. The van der Waals surface area contributed by atoms with E-state index in [1.54, 1.807) is 6.92 Å². The molecule has 1 fully saturated rings. The maximum Gasteiger partial charge on any atom is 0.417 e. The number of carbonyl (C=O) groups excluding carboxylic acids is 2. The Bertz CT molecular complexity index is 1160. The molecule has 0 atom stereocenters. The second kappa shape index (κ2) is 10.8. The van der Waals surface area contributed by atoms with Crippen LogP contribution in [0.4, 0.5) is 24.0 Å². The van der Waals surface area contributed by atoms with Crippen molar-refractivity contribution in [3.05, 3.63) is 52.3 Å². The summed E-state index contributed by atoms with van der Waals surface area (Å²) >= 11 is 2.78. The van der Waals surface area contributed by atoms with Crippen LogP contribution in [0.1, 0.15) is 22.8 Å². The van der Waals surface area contributed by atoms with Gasteiger partial charge in [-0.3, -0.25) is 9.69 Å². The number of ether oxygens (including phenoxy) is 1. The maximum absolute atomic E-state index is 12.8. The molecule has 3 aromatic heterocycles. The normalized spacial score (nSPS) is 14.7. The van der Waals surface area contributed by atoms with E-state index < -0.39 is 17.7 Å². The molecule has 0 bridgehead atoms. The van der Waals surface area contributed by atoms with Crippen molar-refractivity contribution >= 4 is 45.4 Å². The fraction of sp³-hybridized carbons (Fsp3) is 0.348. The second-order valence-corrected chi connectivity index (χ2v) is 9.59. The predicted octanol–water partition coefficient (Wildman–Crippen LogP) is 4.83. The average Bonchev–Trinajstić information content (AvgIpc) is 3.49. The molecule has 0 radical (unpaired) electrons. The lowest BCUT2D eigenvalue weighted by molar-refractivity contribution is -0.137. The van der Waals surface area contributed by atoms with E-state index in [1.807, 2.05) is 32.7 Å². The molecular weight excluding hydrogens is 501 g/mol. The van der Waals surface area contributed by atoms with Gasteiger partial charge in [-0.25, -0.2) is 9.78 Å². The van der Waals surface area contributed by atoms with Crippen LogP contribution in [0.15, 0.2) is 41.2 Å². The zero-order valence-electron chi connectivity index (χ0n) is 18.8. The van der Waals surface area contributed by atoms with E-state index in [-0.39, 0.29) is 19.1 Å². The van der Waals surface area contributed by atoms with Gasteiger partial charge < -0.3 is 15.0 Å². The number of nitrogens with one attached hydrogen (secondary N) is 1. The molecule has 186 valence electrons. The molecule has 4 rings (SSSR count). The van der Waals surface area contributed by atoms with Crippen molar-refractivity contribution < 1.29 is 27.5 Å². The Labute approximate surface area is 208 Å². The summed E-state index contributed by atoms with van der Waals surface area (Å²) in [4.78, 5) is 34.1. The van der Waals surface area contributed by atoms with Crippen LogP contribution in [-0.4, -0.2) is 61.1 Å². The van der Waals surface area contributed by atoms with E-state index in [1.165, 1.54) is 28.7 Å². The highest BCUT2D eigenvalue weighted by atomic mass is 32.1. The zero-order chi connectivity index (χ0) is 25.0. The molecule has 1 amide bonds. The first-order valence-electron chi connectivity index (χ1n) is 10.9. The van der Waals surface area contributed by atoms with E-state index in [2.05, 4.69) is 10.3 Å². The van der Waals surface area contributed by atoms with E-state index >= 15 is 0 Å². The zero-order valence-corrected chi connectivity index (χ0v) is 20.4. The predicted molar refractivity (Wildman–Crippen MR) is 130 cm³/mol. The summed E-state index contributed by atoms with van der Waals surface area (Å²) in [6.45, 7) is 4.24. The fourth-order valence-electron chi connectivity index (χ4n) is 3.71. The fourth-order valence-corrected chi connectivity index (χ4v) is 5.50. The number of hydrogen-bond acceptors (Lipinski definition) is 8. The van der Waals surface area contributed by atoms with Crippen molar-refractivity contribution in [2.45, 2.75) is 13.1 Å². The van der Waals surface area contributed by atoms with Gasteiger partial charge in [-0.05, 0) is 30.5 Å². The van der Waals surface area contributed by atoms with Gasteiger partial charge in [0.25, 0.3) is 0 Å². The monoisotopic (exact) mass is 524 g/mol. The molecule has 1 saturated heterocycles. The number of nitrogens with zero attached hydrogens (tertiary/aromatic N) is 3. The van der Waals surface area contributed by atoms with Crippen LogP contribution in [-0.2, 0) is 15.7 Å². The number of alkyl halides is 3. The first-order valence-corrected chi connectivity index (χ1v) is 12.6. The molecule has 7 nitrogen and oxygen atoms in total. The Kier molecular flexibility index (Phi) is 7.72. The number of pyridine rings is 1. The quantitative estimate of drug-likeness (QED) is 0.447. The maximum atomic E-state index is 12.8. The number of rotatable bonds is 7. The Morgan fingerprint density at radius 3 is 2.51 bits per heavy atom. The molecule has 12 heteroatoms. The minimum absolute atomic E-state index is 0.128. The highest BCUT2D eigenvalue weighted by Crippen LogP contribution is 2.38. The Morgan fingerprint density at radius 2 is 1.91 bits per heavy atom. The molecule has 0 aliphatic carbocycles. The summed E-state index contributed by atoms with van der Waals surface area (Å²) in [7, 11) is 0. The van der Waals surface area contributed by atoms with Gasteiger partial charge in [0.05, 0.1) is 18.7 Å². The van der Waals surface area contributed by atoms with Gasteiger partial charge in [-0.2, -0.15) is 13.2 Å². The van der Waals surface area contributed by atoms with E-state index in [0.29, 0.717) is 42.6 Å². The van der Waals surface area contributed by atoms with Crippen LogP contribution in [0.25, 0.3) is 10.4 Å². The molecule has 1 aliphatic rings. The average molecular weight is 525 g/mol. The molecule has 0 unspecified atom stereocenters. The van der Waals surface area contributed by atoms with E-state index in [9.17, 15) is 22.8 Å². The van der Waals surface area contributed by atoms with Crippen molar-refractivity contribution in [1.29, 1.82) is 0 Å². The van der Waals surface area contributed by atoms with Gasteiger partial charge in [-0.15, -0.1) is 22.7 Å². The van der Waals surface area contributed by atoms with Crippen molar-refractivity contribution in [2.75, 3.05) is 49.5 Å². The van der Waals surface area contributed by atoms with Crippen molar-refractivity contribution in [2.24, 2.45) is 0 Å². The number of aromatic nitrogens is 1. The topological polar surface area (TPSA) is 74.8 Å². The molecule has 0 spiro atoms. The standard InChI is InChI=1S/C23H23F3N4O3S2/c1-2-33-22(32)20-16(17-4-3-11-34-17)14-35-21(20)28-19(31)13-29-7-9-30(10-8-29)18-6-5-15(12-27-18)23(24,25)26/h3-6,11-12,14H,2,7-10,13H2,1H3,(H,28,31). The summed E-state index contributed by atoms with van der Waals surface area (Å²) in [5.41, 5.74) is 0.303. The highest BCUT2D eigenvalue weighted by molar-refractivity contribution is 7.17. The summed E-state index contributed by atoms with van der Waals surface area (Å²) in [5.74, 6) is -0.262. The van der Waals surface area contributed by atoms with Crippen LogP contribution in [0.2, 0.25) is 0 Å². The number of piperazine rings is 1. The highest BCUT2D eigenvalue weighted by Gasteiger charge is 2.31. The number of carbonyl (C=O) groups is 2. The minimum atomic E-state index is -4.42. The van der Waals surface area contributed by atoms with Crippen LogP contribution >= 0.6 is 22.7 Å². The van der Waals surface area contributed by atoms with Gasteiger partial charge in [0.1, 0.15) is 16.4 Å². The van der Waals surface area contributed by atoms with Crippen molar-refractivity contribution in [3.63, 3.8) is 0 Å². The third-order valence-corrected chi connectivity index (χ3v) is 7.25. The number of anilines is 2. The molecule has 35 heavy (non-hydrogen) atoms. The number of amides is 1. The molecule has 1 aliphatic heterocycles. The van der Waals surface area contributed by atoms with Gasteiger partial charge in [0.2, 0.25) is 5.91 Å². The minimum Gasteiger partial charge on any atom is -0.462 e. The van der Waals surface area contributed by atoms with Crippen molar-refractivity contribution in [1.82, 2.24) is 9.88 Å². The van der Waals surface area contributed by atoms with E-state index in [0.717, 1.165) is 22.7 Å². The summed E-state index contributed by atoms with van der Waals surface area (Å²) in [5, 5.41) is 7.05. The van der Waals surface area contributed by atoms with E-state index in [4.69, 9.17) is 4.74 Å². The molecule has 4 heterocycles. The lowest BCUT2D eigenvalue weighted by Gasteiger charge is -2.35. The lowest BCUT2D eigenvalue weighted by Crippen LogP contribution is -2.49. The number of thiophene rings is 2. The largest absolute Gasteiger partial charge is 0.462 e. The first-order chi connectivity index (χ1) is 16.8. The summed E-state index contributed by atoms with van der Waals surface area (Å²) < 4.78 is 43.5. The number of esters is 1. The van der Waals surface area contributed by atoms with Gasteiger partial charge in [-0.1, -0.05) is 6.07 Å². The lowest BCUT2D eigenvalue weighted by atomic mass is 10.1. The summed E-state index contributed by atoms with van der Waals surface area (Å²) in [6.07, 6.45) is -3.58. The smallest absolute Gasteiger partial charge is 0.417 e. The summed E-state index contributed by atoms with van der Waals surface area (Å²) in [6, 6.07) is 6.19. The Hall–Kier alpha value is -2.96. The van der Waals surface area contributed by atoms with Crippen LogP contribution in [0.3, 0.4) is 0 Å². The van der Waals surface area contributed by atoms with Crippen LogP contribution in [0.5, 0.6) is 0 Å². The van der Waals surface area contributed by atoms with Gasteiger partial charge in [0.15, 0.2) is 0 Å². The van der Waals surface area contributed by atoms with Crippen LogP contribution in [0, 0.1) is 0 Å². The first kappa shape index (κ1) is 25.1. The molecule has 0 saturated carbocycles. The number of hydrogen-bond donors (Lipinski definition) is 1. The van der Waals surface area contributed by atoms with Gasteiger partial charge in [0, 0.05) is 48.2 Å². The molecule has 0 aromatic carbocycles. The SMILES string of the molecule is CCOC(=O)c1c(-c2cccs2)csc1NC(=O)CN1CCN(c2ccc(C(F)(F)F)cn2)CC1. The Morgan fingerprint density at radius 1 is 1.14 bits per heavy atom. The third-order valence-electron chi connectivity index (χ3n) is 5.45. The van der Waals surface area contributed by atoms with Crippen molar-refractivity contribution in [3.8, 4) is 10.4 Å². The molecule has 1 N–H and O–H groups in total. The van der Waals surface area contributed by atoms with Gasteiger partial charge >= 0.3 is 12.1 Å². The van der Waals surface area contributed by atoms with Crippen LogP contribution < -0.4 is 10.2 Å². The second-order valence-electron chi connectivity index (χ2n) is 7.77. The Balaban J connectivity index is 1.36. The molecule has 3 aromatic rings.